The molecule has 0 aliphatic rings. The van der Waals surface area contributed by atoms with Crippen LogP contribution in [-0.4, -0.2) is 0 Å². The summed E-state index contributed by atoms with van der Waals surface area (Å²) < 4.78 is 37.7. The topological polar surface area (TPSA) is 0 Å². The highest BCUT2D eigenvalue weighted by atomic mass is 19.4. The van der Waals surface area contributed by atoms with Crippen LogP contribution in [0, 0.1) is 12.0 Å². The predicted octanol–water partition coefficient (Wildman–Crippen LogP) is 4.24. The molecule has 0 nitrogen and oxygen atoms in total. The van der Waals surface area contributed by atoms with Gasteiger partial charge in [0.2, 0.25) is 0 Å². The Morgan fingerprint density at radius 1 is 1.25 bits per heavy atom. The molecular formula is C13H14F3. The normalized spacial score (nSPS) is 11.9. The van der Waals surface area contributed by atoms with Crippen molar-refractivity contribution in [2.75, 3.05) is 0 Å². The van der Waals surface area contributed by atoms with Gasteiger partial charge < -0.3 is 0 Å². The van der Waals surface area contributed by atoms with Crippen LogP contribution in [0.4, 0.5) is 13.2 Å². The Hall–Kier alpha value is -1.25. The van der Waals surface area contributed by atoms with E-state index in [0.717, 1.165) is 6.07 Å². The first-order valence-corrected chi connectivity index (χ1v) is 5.07. The number of halogens is 3. The molecule has 16 heavy (non-hydrogen) atoms. The molecule has 0 heterocycles. The molecule has 0 aromatic heterocycles. The van der Waals surface area contributed by atoms with Gasteiger partial charge in [-0.1, -0.05) is 26.5 Å². The zero-order valence-electron chi connectivity index (χ0n) is 9.36. The molecule has 0 N–H and O–H groups in total. The van der Waals surface area contributed by atoms with Gasteiger partial charge >= 0.3 is 6.18 Å². The Balaban J connectivity index is 3.16. The van der Waals surface area contributed by atoms with Crippen molar-refractivity contribution in [2.24, 2.45) is 5.92 Å². The highest BCUT2D eigenvalue weighted by Gasteiger charge is 2.30. The lowest BCUT2D eigenvalue weighted by atomic mass is 9.98. The SMILES string of the molecule is C=[C]c1cc(CC(C)C)cc(C(F)(F)F)c1. The van der Waals surface area contributed by atoms with Crippen LogP contribution in [0.3, 0.4) is 0 Å². The quantitative estimate of drug-likeness (QED) is 0.724. The fourth-order valence-electron chi connectivity index (χ4n) is 1.55. The van der Waals surface area contributed by atoms with E-state index in [-0.39, 0.29) is 0 Å². The van der Waals surface area contributed by atoms with E-state index < -0.39 is 11.7 Å². The van der Waals surface area contributed by atoms with Crippen LogP contribution in [0.15, 0.2) is 24.8 Å². The van der Waals surface area contributed by atoms with Gasteiger partial charge in [-0.15, -0.1) is 0 Å². The highest BCUT2D eigenvalue weighted by Crippen LogP contribution is 2.31. The number of benzene rings is 1. The average Bonchev–Trinajstić information content (AvgIpc) is 2.14. The van der Waals surface area contributed by atoms with Crippen LogP contribution in [0.1, 0.15) is 30.5 Å². The molecule has 0 atom stereocenters. The summed E-state index contributed by atoms with van der Waals surface area (Å²) in [5.74, 6) is 0.321. The van der Waals surface area contributed by atoms with Gasteiger partial charge in [-0.2, -0.15) is 13.2 Å². The smallest absolute Gasteiger partial charge is 0.166 e. The summed E-state index contributed by atoms with van der Waals surface area (Å²) in [6.45, 7) is 7.32. The number of alkyl halides is 3. The van der Waals surface area contributed by atoms with E-state index in [4.69, 9.17) is 0 Å². The van der Waals surface area contributed by atoms with Crippen molar-refractivity contribution >= 4 is 0 Å². The molecule has 1 rings (SSSR count). The Kier molecular flexibility index (Phi) is 3.79. The van der Waals surface area contributed by atoms with Crippen LogP contribution in [0.2, 0.25) is 0 Å². The maximum absolute atomic E-state index is 12.6. The van der Waals surface area contributed by atoms with Crippen molar-refractivity contribution in [3.8, 4) is 0 Å². The minimum atomic E-state index is -4.31. The fourth-order valence-corrected chi connectivity index (χ4v) is 1.55. The van der Waals surface area contributed by atoms with Crippen LogP contribution >= 0.6 is 0 Å². The van der Waals surface area contributed by atoms with E-state index in [1.54, 1.807) is 6.07 Å². The molecule has 0 unspecified atom stereocenters. The van der Waals surface area contributed by atoms with Crippen molar-refractivity contribution < 1.29 is 13.2 Å². The van der Waals surface area contributed by atoms with Crippen molar-refractivity contribution in [1.29, 1.82) is 0 Å². The molecular weight excluding hydrogens is 213 g/mol. The van der Waals surface area contributed by atoms with Gasteiger partial charge in [0.25, 0.3) is 0 Å². The predicted molar refractivity (Wildman–Crippen MR) is 58.0 cm³/mol. The largest absolute Gasteiger partial charge is 0.416 e. The summed E-state index contributed by atoms with van der Waals surface area (Å²) in [4.78, 5) is 0. The monoisotopic (exact) mass is 227 g/mol. The van der Waals surface area contributed by atoms with Crippen LogP contribution in [0.25, 0.3) is 0 Å². The lowest BCUT2D eigenvalue weighted by Crippen LogP contribution is -2.07. The summed E-state index contributed by atoms with van der Waals surface area (Å²) >= 11 is 0. The first-order chi connectivity index (χ1) is 7.32. The molecule has 0 bridgehead atoms. The van der Waals surface area contributed by atoms with E-state index in [9.17, 15) is 13.2 Å². The summed E-state index contributed by atoms with van der Waals surface area (Å²) in [7, 11) is 0. The van der Waals surface area contributed by atoms with Gasteiger partial charge in [0.15, 0.2) is 0 Å². The molecule has 0 aliphatic carbocycles. The Morgan fingerprint density at radius 3 is 2.31 bits per heavy atom. The zero-order chi connectivity index (χ0) is 12.3. The van der Waals surface area contributed by atoms with Crippen LogP contribution < -0.4 is 0 Å². The summed E-state index contributed by atoms with van der Waals surface area (Å²) in [5.41, 5.74) is 0.443. The first kappa shape index (κ1) is 12.8. The molecule has 1 aromatic carbocycles. The second-order valence-electron chi connectivity index (χ2n) is 4.19. The summed E-state index contributed by atoms with van der Waals surface area (Å²) in [6, 6.07) is 3.96. The molecule has 1 aromatic rings. The van der Waals surface area contributed by atoms with E-state index in [1.165, 1.54) is 6.07 Å². The Morgan fingerprint density at radius 2 is 1.88 bits per heavy atom. The third kappa shape index (κ3) is 3.40. The number of rotatable bonds is 3. The molecule has 87 valence electrons. The second kappa shape index (κ2) is 4.73. The van der Waals surface area contributed by atoms with Gasteiger partial charge in [0.1, 0.15) is 0 Å². The molecule has 0 saturated heterocycles. The molecule has 0 saturated carbocycles. The van der Waals surface area contributed by atoms with Crippen molar-refractivity contribution in [3.63, 3.8) is 0 Å². The van der Waals surface area contributed by atoms with Crippen LogP contribution in [0.5, 0.6) is 0 Å². The minimum Gasteiger partial charge on any atom is -0.166 e. The zero-order valence-corrected chi connectivity index (χ0v) is 9.36. The van der Waals surface area contributed by atoms with Crippen LogP contribution in [-0.2, 0) is 12.6 Å². The van der Waals surface area contributed by atoms with E-state index in [1.807, 2.05) is 13.8 Å². The first-order valence-electron chi connectivity index (χ1n) is 5.07. The van der Waals surface area contributed by atoms with Gasteiger partial charge in [-0.3, -0.25) is 0 Å². The fraction of sp³-hybridized carbons (Fsp3) is 0.385. The Labute approximate surface area is 93.8 Å². The van der Waals surface area contributed by atoms with Gasteiger partial charge in [0.05, 0.1) is 5.56 Å². The van der Waals surface area contributed by atoms with E-state index >= 15 is 0 Å². The molecule has 0 aliphatic heterocycles. The van der Waals surface area contributed by atoms with Crippen molar-refractivity contribution in [2.45, 2.75) is 26.4 Å². The lowest BCUT2D eigenvalue weighted by Gasteiger charge is -2.11. The number of hydrogen-bond donors (Lipinski definition) is 0. The molecule has 0 spiro atoms. The van der Waals surface area contributed by atoms with Crippen molar-refractivity contribution in [1.82, 2.24) is 0 Å². The van der Waals surface area contributed by atoms with Gasteiger partial charge in [0, 0.05) is 0 Å². The second-order valence-corrected chi connectivity index (χ2v) is 4.19. The third-order valence-corrected chi connectivity index (χ3v) is 2.17. The van der Waals surface area contributed by atoms with E-state index in [0.29, 0.717) is 23.5 Å². The Bertz CT molecular complexity index is 375. The van der Waals surface area contributed by atoms with Crippen molar-refractivity contribution in [3.05, 3.63) is 47.5 Å². The molecule has 1 radical (unpaired) electrons. The average molecular weight is 227 g/mol. The summed E-state index contributed by atoms with van der Waals surface area (Å²) in [5, 5.41) is 0. The standard InChI is InChI=1S/C13H14F3/c1-4-10-6-11(5-9(2)3)8-12(7-10)13(14,15)16/h6-9H,1,5H2,2-3H3. The van der Waals surface area contributed by atoms with Gasteiger partial charge in [-0.05, 0) is 41.7 Å². The van der Waals surface area contributed by atoms with Gasteiger partial charge in [-0.25, -0.2) is 0 Å². The third-order valence-electron chi connectivity index (χ3n) is 2.17. The molecule has 0 fully saturated rings. The number of hydrogen-bond acceptors (Lipinski definition) is 0. The molecule has 0 amide bonds. The maximum atomic E-state index is 12.6. The minimum absolute atomic E-state index is 0.321. The summed E-state index contributed by atoms with van der Waals surface area (Å²) in [6.07, 6.45) is -1.18. The maximum Gasteiger partial charge on any atom is 0.416 e. The van der Waals surface area contributed by atoms with E-state index in [2.05, 4.69) is 12.7 Å². The lowest BCUT2D eigenvalue weighted by molar-refractivity contribution is -0.137. The molecule has 3 heteroatoms. The highest BCUT2D eigenvalue weighted by molar-refractivity contribution is 5.34.